The molecule has 1 saturated heterocycles. The van der Waals surface area contributed by atoms with Crippen molar-refractivity contribution in [3.63, 3.8) is 0 Å². The number of rotatable bonds is 7. The third-order valence-electron chi connectivity index (χ3n) is 5.03. The van der Waals surface area contributed by atoms with Crippen molar-refractivity contribution in [2.75, 3.05) is 40.3 Å². The van der Waals surface area contributed by atoms with Gasteiger partial charge in [-0.05, 0) is 45.3 Å². The van der Waals surface area contributed by atoms with Crippen LogP contribution in [0.2, 0.25) is 0 Å². The Labute approximate surface area is 152 Å². The van der Waals surface area contributed by atoms with Gasteiger partial charge >= 0.3 is 0 Å². The monoisotopic (exact) mass is 346 g/mol. The van der Waals surface area contributed by atoms with Gasteiger partial charge in [0.2, 0.25) is 0 Å². The van der Waals surface area contributed by atoms with E-state index in [2.05, 4.69) is 46.5 Å². The third kappa shape index (κ3) is 6.01. The number of piperidine rings is 1. The standard InChI is InChI=1S/C20H34N4O/c1-20(2,24-13-9-6-10-14-24)16-23-19(21-3)22-15-18(25-4)17-11-7-5-8-12-17/h5,7-8,11-12,18H,6,9-10,13-16H2,1-4H3,(H2,21,22,23). The van der Waals surface area contributed by atoms with Crippen molar-refractivity contribution in [3.05, 3.63) is 35.9 Å². The van der Waals surface area contributed by atoms with Crippen molar-refractivity contribution in [1.82, 2.24) is 15.5 Å². The number of ether oxygens (including phenoxy) is 1. The molecule has 2 N–H and O–H groups in total. The molecule has 0 aromatic heterocycles. The molecule has 1 aromatic rings. The lowest BCUT2D eigenvalue weighted by Crippen LogP contribution is -2.55. The fourth-order valence-corrected chi connectivity index (χ4v) is 3.33. The summed E-state index contributed by atoms with van der Waals surface area (Å²) in [7, 11) is 3.56. The fraction of sp³-hybridized carbons (Fsp3) is 0.650. The number of aliphatic imine (C=N–C) groups is 1. The molecule has 1 atom stereocenters. The highest BCUT2D eigenvalue weighted by molar-refractivity contribution is 5.79. The molecule has 140 valence electrons. The lowest BCUT2D eigenvalue weighted by molar-refractivity contribution is 0.0973. The van der Waals surface area contributed by atoms with Crippen LogP contribution in [0.15, 0.2) is 35.3 Å². The van der Waals surface area contributed by atoms with Crippen molar-refractivity contribution in [2.24, 2.45) is 4.99 Å². The summed E-state index contributed by atoms with van der Waals surface area (Å²) in [5.41, 5.74) is 1.29. The lowest BCUT2D eigenvalue weighted by atomic mass is 9.98. The fourth-order valence-electron chi connectivity index (χ4n) is 3.33. The van der Waals surface area contributed by atoms with Crippen LogP contribution >= 0.6 is 0 Å². The molecule has 2 rings (SSSR count). The number of benzene rings is 1. The molecule has 1 aliphatic rings. The quantitative estimate of drug-likeness (QED) is 0.589. The van der Waals surface area contributed by atoms with E-state index in [0.717, 1.165) is 12.5 Å². The van der Waals surface area contributed by atoms with E-state index in [-0.39, 0.29) is 11.6 Å². The van der Waals surface area contributed by atoms with E-state index in [4.69, 9.17) is 4.74 Å². The summed E-state index contributed by atoms with van der Waals surface area (Å²) in [5.74, 6) is 0.822. The van der Waals surface area contributed by atoms with Gasteiger partial charge in [0.15, 0.2) is 5.96 Å². The average molecular weight is 347 g/mol. The van der Waals surface area contributed by atoms with Gasteiger partial charge in [-0.3, -0.25) is 9.89 Å². The molecule has 1 unspecified atom stereocenters. The number of nitrogens with zero attached hydrogens (tertiary/aromatic N) is 2. The first-order chi connectivity index (χ1) is 12.1. The second-order valence-electron chi connectivity index (χ2n) is 7.30. The Morgan fingerprint density at radius 3 is 2.44 bits per heavy atom. The third-order valence-corrected chi connectivity index (χ3v) is 5.03. The van der Waals surface area contributed by atoms with E-state index in [9.17, 15) is 0 Å². The molecule has 0 radical (unpaired) electrons. The minimum atomic E-state index is 0.00912. The Bertz CT molecular complexity index is 524. The van der Waals surface area contributed by atoms with Crippen molar-refractivity contribution in [2.45, 2.75) is 44.8 Å². The SMILES string of the molecule is CN=C(NCC(OC)c1ccccc1)NCC(C)(C)N1CCCCC1. The molecular formula is C20H34N4O. The van der Waals surface area contributed by atoms with E-state index >= 15 is 0 Å². The molecule has 0 spiro atoms. The number of nitrogens with one attached hydrogen (secondary N) is 2. The lowest BCUT2D eigenvalue weighted by Gasteiger charge is -2.41. The minimum Gasteiger partial charge on any atom is -0.375 e. The summed E-state index contributed by atoms with van der Waals surface area (Å²) in [6.07, 6.45) is 3.99. The summed E-state index contributed by atoms with van der Waals surface area (Å²) in [5, 5.41) is 6.87. The Morgan fingerprint density at radius 1 is 1.16 bits per heavy atom. The zero-order chi connectivity index (χ0) is 18.1. The van der Waals surface area contributed by atoms with Crippen LogP contribution in [-0.4, -0.2) is 56.7 Å². The summed E-state index contributed by atoms with van der Waals surface area (Å²) >= 11 is 0. The molecule has 1 aromatic carbocycles. The smallest absolute Gasteiger partial charge is 0.191 e. The maximum Gasteiger partial charge on any atom is 0.191 e. The zero-order valence-electron chi connectivity index (χ0n) is 16.2. The molecular weight excluding hydrogens is 312 g/mol. The molecule has 0 aliphatic carbocycles. The molecule has 5 heteroatoms. The molecule has 1 heterocycles. The van der Waals surface area contributed by atoms with Gasteiger partial charge in [-0.25, -0.2) is 0 Å². The Balaban J connectivity index is 1.83. The van der Waals surface area contributed by atoms with Crippen LogP contribution in [0.4, 0.5) is 0 Å². The van der Waals surface area contributed by atoms with Gasteiger partial charge < -0.3 is 15.4 Å². The van der Waals surface area contributed by atoms with Crippen molar-refractivity contribution in [1.29, 1.82) is 0 Å². The molecule has 1 fully saturated rings. The first-order valence-electron chi connectivity index (χ1n) is 9.34. The largest absolute Gasteiger partial charge is 0.375 e. The van der Waals surface area contributed by atoms with Crippen LogP contribution in [0.1, 0.15) is 44.8 Å². The van der Waals surface area contributed by atoms with Crippen molar-refractivity contribution < 1.29 is 4.74 Å². The highest BCUT2D eigenvalue weighted by Crippen LogP contribution is 2.20. The predicted octanol–water partition coefficient (Wildman–Crippen LogP) is 2.80. The van der Waals surface area contributed by atoms with Crippen LogP contribution in [0.3, 0.4) is 0 Å². The highest BCUT2D eigenvalue weighted by atomic mass is 16.5. The molecule has 0 bridgehead atoms. The van der Waals surface area contributed by atoms with Gasteiger partial charge in [0.25, 0.3) is 0 Å². The van der Waals surface area contributed by atoms with Gasteiger partial charge in [-0.15, -0.1) is 0 Å². The first kappa shape index (κ1) is 19.7. The number of guanidine groups is 1. The summed E-state index contributed by atoms with van der Waals surface area (Å²) in [6.45, 7) is 8.56. The average Bonchev–Trinajstić information content (AvgIpc) is 2.66. The molecule has 0 saturated carbocycles. The Morgan fingerprint density at radius 2 is 1.84 bits per heavy atom. The number of hydrogen-bond donors (Lipinski definition) is 2. The van der Waals surface area contributed by atoms with Gasteiger partial charge in [0.05, 0.1) is 6.10 Å². The summed E-state index contributed by atoms with van der Waals surface area (Å²) in [4.78, 5) is 6.94. The van der Waals surface area contributed by atoms with Crippen LogP contribution in [0.5, 0.6) is 0 Å². The topological polar surface area (TPSA) is 48.9 Å². The Kier molecular flexibility index (Phi) is 7.72. The van der Waals surface area contributed by atoms with Crippen LogP contribution in [0, 0.1) is 0 Å². The van der Waals surface area contributed by atoms with E-state index in [1.54, 1.807) is 7.11 Å². The number of hydrogen-bond acceptors (Lipinski definition) is 3. The maximum atomic E-state index is 5.62. The van der Waals surface area contributed by atoms with E-state index < -0.39 is 0 Å². The second-order valence-corrected chi connectivity index (χ2v) is 7.30. The maximum absolute atomic E-state index is 5.62. The van der Waals surface area contributed by atoms with Gasteiger partial charge in [0, 0.05) is 32.8 Å². The second kappa shape index (κ2) is 9.78. The predicted molar refractivity (Wildman–Crippen MR) is 105 cm³/mol. The van der Waals surface area contributed by atoms with Gasteiger partial charge in [-0.1, -0.05) is 36.8 Å². The summed E-state index contributed by atoms with van der Waals surface area (Å²) < 4.78 is 5.62. The number of likely N-dealkylation sites (tertiary alicyclic amines) is 1. The highest BCUT2D eigenvalue weighted by Gasteiger charge is 2.27. The van der Waals surface area contributed by atoms with Crippen molar-refractivity contribution in [3.8, 4) is 0 Å². The Hall–Kier alpha value is -1.59. The number of methoxy groups -OCH3 is 1. The van der Waals surface area contributed by atoms with E-state index in [0.29, 0.717) is 6.54 Å². The summed E-state index contributed by atoms with van der Waals surface area (Å²) in [6, 6.07) is 10.3. The van der Waals surface area contributed by atoms with Crippen molar-refractivity contribution >= 4 is 5.96 Å². The zero-order valence-corrected chi connectivity index (χ0v) is 16.2. The van der Waals surface area contributed by atoms with Crippen LogP contribution < -0.4 is 10.6 Å². The first-order valence-corrected chi connectivity index (χ1v) is 9.34. The minimum absolute atomic E-state index is 0.00912. The molecule has 5 nitrogen and oxygen atoms in total. The van der Waals surface area contributed by atoms with E-state index in [1.165, 1.54) is 37.9 Å². The normalized spacial score (nSPS) is 18.0. The van der Waals surface area contributed by atoms with E-state index in [1.807, 2.05) is 25.2 Å². The molecule has 25 heavy (non-hydrogen) atoms. The van der Waals surface area contributed by atoms with Gasteiger partial charge in [0.1, 0.15) is 0 Å². The molecule has 1 aliphatic heterocycles. The van der Waals surface area contributed by atoms with Gasteiger partial charge in [-0.2, -0.15) is 0 Å². The van der Waals surface area contributed by atoms with Crippen LogP contribution in [-0.2, 0) is 4.74 Å². The molecule has 0 amide bonds. The van der Waals surface area contributed by atoms with Crippen LogP contribution in [0.25, 0.3) is 0 Å².